The number of methoxy groups -OCH3 is 1. The van der Waals surface area contributed by atoms with Gasteiger partial charge < -0.3 is 14.0 Å². The van der Waals surface area contributed by atoms with Gasteiger partial charge in [-0.3, -0.25) is 4.79 Å². The van der Waals surface area contributed by atoms with E-state index in [0.29, 0.717) is 6.73 Å². The Kier molecular flexibility index (Phi) is 5.36. The Bertz CT molecular complexity index is 1030. The van der Waals surface area contributed by atoms with Crippen LogP contribution in [0.2, 0.25) is 0 Å². The van der Waals surface area contributed by atoms with E-state index in [1.807, 2.05) is 66.2 Å². The first-order valence-corrected chi connectivity index (χ1v) is 9.70. The monoisotopic (exact) mass is 392 g/mol. The lowest BCUT2D eigenvalue weighted by Gasteiger charge is -2.21. The van der Waals surface area contributed by atoms with Crippen molar-refractivity contribution in [2.45, 2.75) is 32.0 Å². The molecule has 1 aliphatic rings. The molecule has 1 aliphatic heterocycles. The molecule has 2 heterocycles. The highest BCUT2D eigenvalue weighted by atomic mass is 16.6. The molecule has 2 atom stereocenters. The normalized spacial score (nSPS) is 17.5. The molecule has 3 aromatic rings. The van der Waals surface area contributed by atoms with Crippen molar-refractivity contribution in [1.29, 1.82) is 0 Å². The van der Waals surface area contributed by atoms with Gasteiger partial charge in [-0.05, 0) is 23.1 Å². The summed E-state index contributed by atoms with van der Waals surface area (Å²) in [5, 5.41) is 1.09. The van der Waals surface area contributed by atoms with Crippen molar-refractivity contribution in [2.24, 2.45) is 0 Å². The number of ether oxygens (including phenoxy) is 2. The zero-order valence-corrected chi connectivity index (χ0v) is 16.6. The minimum atomic E-state index is -0.571. The number of benzene rings is 2. The molecule has 1 fully saturated rings. The van der Waals surface area contributed by atoms with Crippen molar-refractivity contribution in [3.05, 3.63) is 71.9 Å². The van der Waals surface area contributed by atoms with Gasteiger partial charge in [0, 0.05) is 25.1 Å². The zero-order valence-electron chi connectivity index (χ0n) is 16.6. The molecule has 6 nitrogen and oxygen atoms in total. The third-order valence-electron chi connectivity index (χ3n) is 5.43. The van der Waals surface area contributed by atoms with E-state index in [4.69, 9.17) is 9.47 Å². The van der Waals surface area contributed by atoms with Crippen LogP contribution in [0.4, 0.5) is 4.79 Å². The van der Waals surface area contributed by atoms with E-state index in [1.54, 1.807) is 7.11 Å². The summed E-state index contributed by atoms with van der Waals surface area (Å²) >= 11 is 0. The lowest BCUT2D eigenvalue weighted by Crippen LogP contribution is -2.34. The number of amides is 2. The van der Waals surface area contributed by atoms with E-state index in [9.17, 15) is 9.59 Å². The van der Waals surface area contributed by atoms with Gasteiger partial charge in [-0.25, -0.2) is 9.69 Å². The molecule has 0 radical (unpaired) electrons. The van der Waals surface area contributed by atoms with Gasteiger partial charge in [0.25, 0.3) is 0 Å². The van der Waals surface area contributed by atoms with Gasteiger partial charge in [-0.1, -0.05) is 55.5 Å². The van der Waals surface area contributed by atoms with Crippen LogP contribution in [-0.2, 0) is 21.0 Å². The van der Waals surface area contributed by atoms with Crippen LogP contribution >= 0.6 is 0 Å². The second-order valence-corrected chi connectivity index (χ2v) is 7.36. The topological polar surface area (TPSA) is 60.8 Å². The fraction of sp³-hybridized carbons (Fsp3) is 0.304. The van der Waals surface area contributed by atoms with Crippen molar-refractivity contribution in [1.82, 2.24) is 9.47 Å². The van der Waals surface area contributed by atoms with Crippen LogP contribution in [0, 0.1) is 0 Å². The molecule has 0 N–H and O–H groups in total. The predicted octanol–water partition coefficient (Wildman–Crippen LogP) is 4.46. The third kappa shape index (κ3) is 3.63. The molecule has 4 rings (SSSR count). The fourth-order valence-electron chi connectivity index (χ4n) is 4.00. The molecular formula is C23H24N2O4. The molecule has 1 saturated heterocycles. The minimum Gasteiger partial charge on any atom is -0.446 e. The van der Waals surface area contributed by atoms with Gasteiger partial charge in [0.15, 0.2) is 0 Å². The molecule has 2 aromatic carbocycles. The zero-order chi connectivity index (χ0) is 20.4. The van der Waals surface area contributed by atoms with E-state index in [2.05, 4.69) is 6.07 Å². The van der Waals surface area contributed by atoms with Crippen LogP contribution in [0.5, 0.6) is 0 Å². The molecule has 1 aromatic heterocycles. The van der Waals surface area contributed by atoms with Crippen LogP contribution in [0.15, 0.2) is 60.8 Å². The number of hydrogen-bond donors (Lipinski definition) is 0. The minimum absolute atomic E-state index is 0.0599. The average molecular weight is 392 g/mol. The second-order valence-electron chi connectivity index (χ2n) is 7.36. The van der Waals surface area contributed by atoms with Crippen molar-refractivity contribution in [3.8, 4) is 0 Å². The average Bonchev–Trinajstić information content (AvgIpc) is 3.30. The van der Waals surface area contributed by atoms with Gasteiger partial charge in [0.05, 0.1) is 5.52 Å². The summed E-state index contributed by atoms with van der Waals surface area (Å²) < 4.78 is 12.5. The number of nitrogens with zero attached hydrogens (tertiary/aromatic N) is 2. The fourth-order valence-corrected chi connectivity index (χ4v) is 4.00. The molecule has 2 amide bonds. The van der Waals surface area contributed by atoms with E-state index in [0.717, 1.165) is 22.0 Å². The van der Waals surface area contributed by atoms with E-state index in [-0.39, 0.29) is 30.9 Å². The van der Waals surface area contributed by atoms with Crippen LogP contribution in [0.1, 0.15) is 36.4 Å². The first-order valence-electron chi connectivity index (χ1n) is 9.70. The summed E-state index contributed by atoms with van der Waals surface area (Å²) in [7, 11) is 1.66. The number of imide groups is 1. The first kappa shape index (κ1) is 19.2. The highest BCUT2D eigenvalue weighted by molar-refractivity contribution is 5.94. The predicted molar refractivity (Wildman–Crippen MR) is 109 cm³/mol. The first-order chi connectivity index (χ1) is 14.1. The van der Waals surface area contributed by atoms with Crippen LogP contribution < -0.4 is 0 Å². The lowest BCUT2D eigenvalue weighted by molar-refractivity contribution is -0.129. The maximum Gasteiger partial charge on any atom is 0.417 e. The SMILES string of the molecule is COCn1cc([C@@H](C)CC(=O)N2C(=O)OC[C@H]2c2ccccc2)c2ccccc21. The molecule has 0 bridgehead atoms. The molecule has 6 heteroatoms. The van der Waals surface area contributed by atoms with Crippen LogP contribution in [0.25, 0.3) is 10.9 Å². The summed E-state index contributed by atoms with van der Waals surface area (Å²) in [4.78, 5) is 26.6. The van der Waals surface area contributed by atoms with Crippen molar-refractivity contribution in [3.63, 3.8) is 0 Å². The third-order valence-corrected chi connectivity index (χ3v) is 5.43. The maximum absolute atomic E-state index is 13.1. The standard InChI is InChI=1S/C23H24N2O4/c1-16(19-13-24(15-28-2)20-11-7-6-10-18(19)20)12-22(26)25-21(14-29-23(25)27)17-8-4-3-5-9-17/h3-11,13,16,21H,12,14-15H2,1-2H3/t16-,21-/m0/s1. The smallest absolute Gasteiger partial charge is 0.417 e. The summed E-state index contributed by atoms with van der Waals surface area (Å²) in [6.07, 6.45) is 1.68. The van der Waals surface area contributed by atoms with Gasteiger partial charge in [-0.15, -0.1) is 0 Å². The number of cyclic esters (lactones) is 1. The van der Waals surface area contributed by atoms with E-state index in [1.165, 1.54) is 4.90 Å². The summed E-state index contributed by atoms with van der Waals surface area (Å²) in [5.41, 5.74) is 3.03. The number of carbonyl (C=O) groups is 2. The number of hydrogen-bond acceptors (Lipinski definition) is 4. The maximum atomic E-state index is 13.1. The van der Waals surface area contributed by atoms with Gasteiger partial charge >= 0.3 is 6.09 Å². The summed E-state index contributed by atoms with van der Waals surface area (Å²) in [6, 6.07) is 17.2. The second kappa shape index (κ2) is 8.09. The van der Waals surface area contributed by atoms with E-state index < -0.39 is 6.09 Å². The molecule has 0 aliphatic carbocycles. The largest absolute Gasteiger partial charge is 0.446 e. The van der Waals surface area contributed by atoms with Gasteiger partial charge in [-0.2, -0.15) is 0 Å². The van der Waals surface area contributed by atoms with Crippen molar-refractivity contribution < 1.29 is 19.1 Å². The highest BCUT2D eigenvalue weighted by Crippen LogP contribution is 2.33. The number of aromatic nitrogens is 1. The van der Waals surface area contributed by atoms with Crippen molar-refractivity contribution in [2.75, 3.05) is 13.7 Å². The molecule has 0 spiro atoms. The Morgan fingerprint density at radius 1 is 1.17 bits per heavy atom. The summed E-state index contributed by atoms with van der Waals surface area (Å²) in [5.74, 6) is -0.284. The van der Waals surface area contributed by atoms with Crippen molar-refractivity contribution >= 4 is 22.9 Å². The number of rotatable bonds is 6. The van der Waals surface area contributed by atoms with E-state index >= 15 is 0 Å². The molecule has 150 valence electrons. The molecule has 29 heavy (non-hydrogen) atoms. The van der Waals surface area contributed by atoms with Crippen LogP contribution in [-0.4, -0.2) is 35.2 Å². The van der Waals surface area contributed by atoms with Crippen LogP contribution in [0.3, 0.4) is 0 Å². The molecule has 0 unspecified atom stereocenters. The number of fused-ring (bicyclic) bond motifs is 1. The Hall–Kier alpha value is -3.12. The van der Waals surface area contributed by atoms with Gasteiger partial charge in [0.2, 0.25) is 5.91 Å². The van der Waals surface area contributed by atoms with Gasteiger partial charge in [0.1, 0.15) is 19.4 Å². The number of carbonyl (C=O) groups excluding carboxylic acids is 2. The summed E-state index contributed by atoms with van der Waals surface area (Å²) in [6.45, 7) is 2.64. The quantitative estimate of drug-likeness (QED) is 0.621. The molecule has 0 saturated carbocycles. The Labute approximate surface area is 169 Å². The Morgan fingerprint density at radius 2 is 1.90 bits per heavy atom. The highest BCUT2D eigenvalue weighted by Gasteiger charge is 2.39. The molecular weight excluding hydrogens is 368 g/mol. The number of para-hydroxylation sites is 1. The lowest BCUT2D eigenvalue weighted by atomic mass is 9.96. The Balaban J connectivity index is 1.58. The Morgan fingerprint density at radius 3 is 2.66 bits per heavy atom.